The highest BCUT2D eigenvalue weighted by atomic mass is 35.5. The quantitative estimate of drug-likeness (QED) is 0.657. The van der Waals surface area contributed by atoms with Gasteiger partial charge in [-0.15, -0.1) is 0 Å². The molecule has 1 aliphatic rings. The lowest BCUT2D eigenvalue weighted by Gasteiger charge is -2.41. The maximum atomic E-state index is 13.6. The Kier molecular flexibility index (Phi) is 6.56. The Morgan fingerprint density at radius 3 is 2.32 bits per heavy atom. The molecule has 2 heterocycles. The Hall–Kier alpha value is -2.27. The monoisotopic (exact) mass is 443 g/mol. The summed E-state index contributed by atoms with van der Waals surface area (Å²) in [6.07, 6.45) is 2.43. The first-order chi connectivity index (χ1) is 14.4. The molecule has 1 aliphatic heterocycles. The summed E-state index contributed by atoms with van der Waals surface area (Å²) in [6.45, 7) is 13.4. The number of rotatable bonds is 4. The van der Waals surface area contributed by atoms with Crippen molar-refractivity contribution in [2.24, 2.45) is 5.41 Å². The van der Waals surface area contributed by atoms with Gasteiger partial charge in [-0.2, -0.15) is 0 Å². The van der Waals surface area contributed by atoms with E-state index in [0.717, 1.165) is 17.8 Å². The second-order valence-electron chi connectivity index (χ2n) is 10.5. The highest BCUT2D eigenvalue weighted by Gasteiger charge is 2.37. The van der Waals surface area contributed by atoms with Crippen molar-refractivity contribution in [3.05, 3.63) is 58.9 Å². The van der Waals surface area contributed by atoms with E-state index in [2.05, 4.69) is 4.57 Å². The van der Waals surface area contributed by atoms with Crippen LogP contribution in [0.25, 0.3) is 0 Å². The number of carbonyl (C=O) groups is 2. The van der Waals surface area contributed by atoms with Crippen molar-refractivity contribution in [1.82, 2.24) is 14.4 Å². The Morgan fingerprint density at radius 1 is 1.03 bits per heavy atom. The molecule has 0 fully saturated rings. The average Bonchev–Trinajstić information content (AvgIpc) is 3.12. The molecule has 0 unspecified atom stereocenters. The van der Waals surface area contributed by atoms with E-state index in [9.17, 15) is 9.59 Å². The van der Waals surface area contributed by atoms with Crippen molar-refractivity contribution in [3.63, 3.8) is 0 Å². The van der Waals surface area contributed by atoms with Crippen LogP contribution in [0, 0.1) is 5.41 Å². The zero-order valence-electron chi connectivity index (χ0n) is 19.5. The lowest BCUT2D eigenvalue weighted by atomic mass is 9.90. The number of hydrogen-bond acceptors (Lipinski definition) is 2. The molecular weight excluding hydrogens is 410 g/mol. The largest absolute Gasteiger partial charge is 0.348 e. The molecular formula is C25H34ClN3O2. The summed E-state index contributed by atoms with van der Waals surface area (Å²) in [5.74, 6) is -0.0578. The number of halogens is 1. The lowest BCUT2D eigenvalue weighted by Crippen LogP contribution is -2.53. The van der Waals surface area contributed by atoms with Crippen LogP contribution in [0.15, 0.2) is 42.6 Å². The third kappa shape index (κ3) is 5.32. The molecule has 5 nitrogen and oxygen atoms in total. The number of aromatic nitrogens is 1. The topological polar surface area (TPSA) is 45.6 Å². The van der Waals surface area contributed by atoms with Crippen LogP contribution in [0.5, 0.6) is 0 Å². The molecule has 1 aromatic carbocycles. The summed E-state index contributed by atoms with van der Waals surface area (Å²) in [5.41, 5.74) is 1.35. The summed E-state index contributed by atoms with van der Waals surface area (Å²) < 4.78 is 2.17. The summed E-state index contributed by atoms with van der Waals surface area (Å²) >= 11 is 6.55. The van der Waals surface area contributed by atoms with Gasteiger partial charge in [-0.05, 0) is 49.9 Å². The number of fused-ring (bicyclic) bond motifs is 1. The van der Waals surface area contributed by atoms with Gasteiger partial charge >= 0.3 is 0 Å². The smallest absolute Gasteiger partial charge is 0.243 e. The Bertz CT molecular complexity index is 952. The molecule has 6 heteroatoms. The number of carbonyl (C=O) groups excluding carboxylic acids is 2. The van der Waals surface area contributed by atoms with Gasteiger partial charge in [-0.1, -0.05) is 50.6 Å². The van der Waals surface area contributed by atoms with Crippen molar-refractivity contribution in [1.29, 1.82) is 0 Å². The first-order valence-electron chi connectivity index (χ1n) is 10.9. The molecule has 0 aliphatic carbocycles. The Labute approximate surface area is 191 Å². The fraction of sp³-hybridized carbons (Fsp3) is 0.520. The van der Waals surface area contributed by atoms with Crippen LogP contribution in [0.4, 0.5) is 0 Å². The minimum Gasteiger partial charge on any atom is -0.348 e. The molecule has 0 bridgehead atoms. The fourth-order valence-electron chi connectivity index (χ4n) is 4.15. The summed E-state index contributed by atoms with van der Waals surface area (Å²) in [5, 5.41) is 0.636. The van der Waals surface area contributed by atoms with E-state index in [4.69, 9.17) is 11.6 Å². The zero-order valence-corrected chi connectivity index (χ0v) is 20.2. The van der Waals surface area contributed by atoms with E-state index in [1.807, 2.05) is 89.0 Å². The van der Waals surface area contributed by atoms with Crippen LogP contribution in [0.3, 0.4) is 0 Å². The standard InChI is InChI=1S/C25H34ClN3O2/c1-24(2,3)16-21(30)29(25(4,5)6)17-22(31)28-15-14-27-13-9-12-20(27)23(28)18-10-7-8-11-19(18)26/h7-13,23H,14-17H2,1-6H3/t23-/m1/s1. The first-order valence-corrected chi connectivity index (χ1v) is 11.3. The SMILES string of the molecule is CC(C)(C)CC(=O)N(CC(=O)N1CCn2cccc2[C@H]1c1ccccc1Cl)C(C)(C)C. The second-order valence-corrected chi connectivity index (χ2v) is 10.9. The Morgan fingerprint density at radius 2 is 1.71 bits per heavy atom. The highest BCUT2D eigenvalue weighted by Crippen LogP contribution is 2.36. The van der Waals surface area contributed by atoms with E-state index in [1.165, 1.54) is 0 Å². The van der Waals surface area contributed by atoms with Gasteiger partial charge in [0.15, 0.2) is 0 Å². The zero-order chi connectivity index (χ0) is 23.0. The van der Waals surface area contributed by atoms with Crippen LogP contribution in [-0.4, -0.2) is 44.8 Å². The number of benzene rings is 1. The van der Waals surface area contributed by atoms with Gasteiger partial charge in [0.05, 0.1) is 6.04 Å². The van der Waals surface area contributed by atoms with Gasteiger partial charge in [0.2, 0.25) is 11.8 Å². The van der Waals surface area contributed by atoms with Gasteiger partial charge in [0.25, 0.3) is 0 Å². The normalized spacial score (nSPS) is 16.7. The molecule has 1 aromatic heterocycles. The van der Waals surface area contributed by atoms with Crippen molar-refractivity contribution < 1.29 is 9.59 Å². The van der Waals surface area contributed by atoms with Crippen LogP contribution in [-0.2, 0) is 16.1 Å². The highest BCUT2D eigenvalue weighted by molar-refractivity contribution is 6.31. The third-order valence-corrected chi connectivity index (χ3v) is 5.99. The van der Waals surface area contributed by atoms with E-state index < -0.39 is 5.54 Å². The molecule has 2 aromatic rings. The van der Waals surface area contributed by atoms with Gasteiger partial charge < -0.3 is 14.4 Å². The van der Waals surface area contributed by atoms with Gasteiger partial charge in [0.1, 0.15) is 6.54 Å². The van der Waals surface area contributed by atoms with E-state index in [0.29, 0.717) is 18.0 Å². The molecule has 2 amide bonds. The predicted octanol–water partition coefficient (Wildman–Crippen LogP) is 5.14. The molecule has 0 spiro atoms. The van der Waals surface area contributed by atoms with Gasteiger partial charge in [-0.3, -0.25) is 9.59 Å². The van der Waals surface area contributed by atoms with Crippen LogP contribution >= 0.6 is 11.6 Å². The first kappa shape index (κ1) is 23.4. The summed E-state index contributed by atoms with van der Waals surface area (Å²) in [6, 6.07) is 11.4. The van der Waals surface area contributed by atoms with E-state index in [-0.39, 0.29) is 29.8 Å². The minimum absolute atomic E-state index is 0.00280. The molecule has 0 N–H and O–H groups in total. The van der Waals surface area contributed by atoms with Crippen LogP contribution < -0.4 is 0 Å². The Balaban J connectivity index is 1.93. The average molecular weight is 444 g/mol. The molecule has 168 valence electrons. The van der Waals surface area contributed by atoms with Crippen LogP contribution in [0.2, 0.25) is 5.02 Å². The molecule has 0 saturated heterocycles. The molecule has 0 radical (unpaired) electrons. The summed E-state index contributed by atoms with van der Waals surface area (Å²) in [7, 11) is 0. The van der Waals surface area contributed by atoms with Crippen molar-refractivity contribution in [3.8, 4) is 0 Å². The maximum absolute atomic E-state index is 13.6. The van der Waals surface area contributed by atoms with Crippen molar-refractivity contribution in [2.45, 2.75) is 66.1 Å². The number of hydrogen-bond donors (Lipinski definition) is 0. The number of amides is 2. The second kappa shape index (κ2) is 8.70. The van der Waals surface area contributed by atoms with Gasteiger partial charge in [0, 0.05) is 42.0 Å². The van der Waals surface area contributed by atoms with Crippen LogP contribution in [0.1, 0.15) is 65.3 Å². The third-order valence-electron chi connectivity index (χ3n) is 5.64. The lowest BCUT2D eigenvalue weighted by molar-refractivity contribution is -0.147. The minimum atomic E-state index is -0.451. The summed E-state index contributed by atoms with van der Waals surface area (Å²) in [4.78, 5) is 30.3. The van der Waals surface area contributed by atoms with Crippen molar-refractivity contribution in [2.75, 3.05) is 13.1 Å². The maximum Gasteiger partial charge on any atom is 0.243 e. The molecule has 3 rings (SSSR count). The van der Waals surface area contributed by atoms with Gasteiger partial charge in [-0.25, -0.2) is 0 Å². The van der Waals surface area contributed by atoms with E-state index >= 15 is 0 Å². The molecule has 31 heavy (non-hydrogen) atoms. The predicted molar refractivity (Wildman–Crippen MR) is 125 cm³/mol. The number of nitrogens with zero attached hydrogens (tertiary/aromatic N) is 3. The molecule has 1 atom stereocenters. The fourth-order valence-corrected chi connectivity index (χ4v) is 4.39. The van der Waals surface area contributed by atoms with E-state index in [1.54, 1.807) is 4.90 Å². The van der Waals surface area contributed by atoms with Crippen molar-refractivity contribution >= 4 is 23.4 Å². The molecule has 0 saturated carbocycles.